The molecule has 42 heavy (non-hydrogen) atoms. The highest BCUT2D eigenvalue weighted by molar-refractivity contribution is 9.10. The number of sulfone groups is 1. The Bertz CT molecular complexity index is 1410. The summed E-state index contributed by atoms with van der Waals surface area (Å²) in [5, 5.41) is 54.1. The summed E-state index contributed by atoms with van der Waals surface area (Å²) in [5.74, 6) is -2.67. The molecule has 5 unspecified atom stereocenters. The summed E-state index contributed by atoms with van der Waals surface area (Å²) in [4.78, 5) is 11.8. The fourth-order valence-corrected chi connectivity index (χ4v) is 8.88. The zero-order valence-corrected chi connectivity index (χ0v) is 26.4. The second kappa shape index (κ2) is 11.8. The first-order valence-corrected chi connectivity index (χ1v) is 16.5. The van der Waals surface area contributed by atoms with Crippen LogP contribution in [0.2, 0.25) is 0 Å². The predicted octanol–water partition coefficient (Wildman–Crippen LogP) is 3.37. The molecule has 1 fully saturated rings. The topological polar surface area (TPSA) is 171 Å². The molecule has 2 heterocycles. The molecule has 12 heteroatoms. The minimum absolute atomic E-state index is 0.0701. The van der Waals surface area contributed by atoms with Crippen molar-refractivity contribution >= 4 is 31.7 Å². The number of carbonyl (C=O) groups is 1. The lowest BCUT2D eigenvalue weighted by molar-refractivity contribution is -0.333. The molecule has 10 nitrogen and oxygen atoms in total. The molecule has 0 amide bonds. The van der Waals surface area contributed by atoms with Gasteiger partial charge in [-0.05, 0) is 59.8 Å². The average molecular weight is 672 g/mol. The van der Waals surface area contributed by atoms with Gasteiger partial charge < -0.3 is 35.0 Å². The number of hydrogen-bond acceptors (Lipinski definition) is 9. The van der Waals surface area contributed by atoms with Crippen LogP contribution in [0.4, 0.5) is 0 Å². The lowest BCUT2D eigenvalue weighted by Gasteiger charge is -2.50. The van der Waals surface area contributed by atoms with E-state index in [1.165, 1.54) is 6.07 Å². The number of fused-ring (bicyclic) bond motifs is 1. The molecular formula is C30H39BrO10S. The van der Waals surface area contributed by atoms with Crippen molar-refractivity contribution < 1.29 is 48.2 Å². The second-order valence-electron chi connectivity index (χ2n) is 11.8. The number of aliphatic carboxylic acids is 1. The molecule has 0 bridgehead atoms. The van der Waals surface area contributed by atoms with Gasteiger partial charge in [-0.3, -0.25) is 0 Å². The van der Waals surface area contributed by atoms with Gasteiger partial charge in [-0.25, -0.2) is 13.2 Å². The Balaban J connectivity index is 1.86. The number of hydrogen-bond donors (Lipinski definition) is 5. The van der Waals surface area contributed by atoms with E-state index in [0.29, 0.717) is 18.4 Å². The summed E-state index contributed by atoms with van der Waals surface area (Å²) < 4.78 is 39.7. The summed E-state index contributed by atoms with van der Waals surface area (Å²) in [5.41, 5.74) is -4.57. The summed E-state index contributed by atoms with van der Waals surface area (Å²) in [6.07, 6.45) is -4.17. The van der Waals surface area contributed by atoms with E-state index in [1.807, 2.05) is 44.2 Å². The van der Waals surface area contributed by atoms with E-state index in [1.54, 1.807) is 6.07 Å². The standard InChI is InChI=1S/C30H39BrO10S/c1-5-7-13-30(6-2)16-42(38,39)21-15-20(19(31)14-18(21)22(23(30)32)17-11-9-8-10-12-17)40-27-24(33)28(3,36)29(4,37)25(41-27)26(34)35/h8-12,14-15,22-25,27,32-33,36-37H,5-7,13,16H2,1-4H3,(H,34,35)/t22-,23-,24?,25?,27?,28?,29?,30-/m1/s1. The van der Waals surface area contributed by atoms with Crippen molar-refractivity contribution in [2.75, 3.05) is 5.75 Å². The van der Waals surface area contributed by atoms with Crippen LogP contribution in [0.3, 0.4) is 0 Å². The third-order valence-corrected chi connectivity index (χ3v) is 11.8. The number of ether oxygens (including phenoxy) is 2. The van der Waals surface area contributed by atoms with Crippen molar-refractivity contribution in [1.29, 1.82) is 0 Å². The number of carboxylic acids is 1. The molecular weight excluding hydrogens is 632 g/mol. The van der Waals surface area contributed by atoms with Gasteiger partial charge in [-0.15, -0.1) is 0 Å². The van der Waals surface area contributed by atoms with Crippen LogP contribution in [-0.2, 0) is 19.4 Å². The number of unbranched alkanes of at least 4 members (excludes halogenated alkanes) is 1. The quantitative estimate of drug-likeness (QED) is 0.280. The molecule has 0 aromatic heterocycles. The molecule has 2 aliphatic heterocycles. The fourth-order valence-electron chi connectivity index (χ4n) is 6.16. The number of benzene rings is 2. The number of aliphatic hydroxyl groups is 4. The van der Waals surface area contributed by atoms with E-state index in [4.69, 9.17) is 9.47 Å². The average Bonchev–Trinajstić information content (AvgIpc) is 2.99. The van der Waals surface area contributed by atoms with Crippen LogP contribution < -0.4 is 4.74 Å². The molecule has 1 saturated heterocycles. The molecule has 4 rings (SSSR count). The zero-order chi connectivity index (χ0) is 31.3. The van der Waals surface area contributed by atoms with E-state index in [9.17, 15) is 38.7 Å². The minimum Gasteiger partial charge on any atom is -0.479 e. The van der Waals surface area contributed by atoms with Gasteiger partial charge in [-0.2, -0.15) is 0 Å². The maximum Gasteiger partial charge on any atom is 0.336 e. The van der Waals surface area contributed by atoms with Gasteiger partial charge in [0.1, 0.15) is 23.1 Å². The van der Waals surface area contributed by atoms with Crippen LogP contribution in [0.15, 0.2) is 51.8 Å². The maximum absolute atomic E-state index is 14.1. The normalized spacial score (nSPS) is 36.1. The van der Waals surface area contributed by atoms with Crippen LogP contribution in [0.1, 0.15) is 70.4 Å². The molecule has 8 atom stereocenters. The zero-order valence-electron chi connectivity index (χ0n) is 24.0. The SMILES string of the molecule is CCCC[C@]1(CC)CS(=O)(=O)c2cc(OC3OC(C(=O)O)C(C)(O)C(C)(O)C3O)c(Br)cc2[C@@H](c2ccccc2)[C@H]1O. The Labute approximate surface area is 254 Å². The largest absolute Gasteiger partial charge is 0.479 e. The van der Waals surface area contributed by atoms with Crippen molar-refractivity contribution in [1.82, 2.24) is 0 Å². The van der Waals surface area contributed by atoms with Crippen molar-refractivity contribution in [3.8, 4) is 5.75 Å². The minimum atomic E-state index is -4.01. The van der Waals surface area contributed by atoms with Crippen LogP contribution >= 0.6 is 15.9 Å². The number of rotatable bonds is 8. The first kappa shape index (κ1) is 32.8. The fraction of sp³-hybridized carbons (Fsp3) is 0.567. The highest BCUT2D eigenvalue weighted by atomic mass is 79.9. The van der Waals surface area contributed by atoms with E-state index in [2.05, 4.69) is 15.9 Å². The van der Waals surface area contributed by atoms with Crippen molar-refractivity contribution in [3.05, 3.63) is 58.1 Å². The van der Waals surface area contributed by atoms with E-state index >= 15 is 0 Å². The third-order valence-electron chi connectivity index (χ3n) is 9.15. The first-order chi connectivity index (χ1) is 19.5. The van der Waals surface area contributed by atoms with Crippen LogP contribution in [0.25, 0.3) is 0 Å². The molecule has 2 aromatic rings. The van der Waals surface area contributed by atoms with Crippen LogP contribution in [-0.4, -0.2) is 81.5 Å². The smallest absolute Gasteiger partial charge is 0.336 e. The van der Waals surface area contributed by atoms with Crippen molar-refractivity contribution in [2.45, 2.75) is 100.0 Å². The molecule has 5 N–H and O–H groups in total. The predicted molar refractivity (Wildman–Crippen MR) is 157 cm³/mol. The molecule has 0 saturated carbocycles. The van der Waals surface area contributed by atoms with Crippen molar-refractivity contribution in [3.63, 3.8) is 0 Å². The summed E-state index contributed by atoms with van der Waals surface area (Å²) in [7, 11) is -4.01. The Kier molecular flexibility index (Phi) is 9.22. The summed E-state index contributed by atoms with van der Waals surface area (Å²) >= 11 is 3.42. The Morgan fingerprint density at radius 2 is 1.71 bits per heavy atom. The summed E-state index contributed by atoms with van der Waals surface area (Å²) in [6.45, 7) is 6.00. The van der Waals surface area contributed by atoms with Gasteiger partial charge in [0.05, 0.1) is 21.2 Å². The third kappa shape index (κ3) is 5.51. The summed E-state index contributed by atoms with van der Waals surface area (Å²) in [6, 6.07) is 12.0. The molecule has 0 spiro atoms. The number of halogens is 1. The van der Waals surface area contributed by atoms with Gasteiger partial charge in [0, 0.05) is 17.4 Å². The Morgan fingerprint density at radius 3 is 2.29 bits per heavy atom. The monoisotopic (exact) mass is 670 g/mol. The first-order valence-electron chi connectivity index (χ1n) is 14.0. The molecule has 0 radical (unpaired) electrons. The highest BCUT2D eigenvalue weighted by Crippen LogP contribution is 2.50. The lowest BCUT2D eigenvalue weighted by Crippen LogP contribution is -2.73. The van der Waals surface area contributed by atoms with Gasteiger partial charge >= 0.3 is 5.97 Å². The Morgan fingerprint density at radius 1 is 1.07 bits per heavy atom. The van der Waals surface area contributed by atoms with E-state index in [-0.39, 0.29) is 20.9 Å². The lowest BCUT2D eigenvalue weighted by atomic mass is 9.69. The van der Waals surface area contributed by atoms with Crippen LogP contribution in [0, 0.1) is 5.41 Å². The van der Waals surface area contributed by atoms with E-state index < -0.39 is 62.9 Å². The van der Waals surface area contributed by atoms with E-state index in [0.717, 1.165) is 32.3 Å². The van der Waals surface area contributed by atoms with Crippen molar-refractivity contribution in [2.24, 2.45) is 5.41 Å². The maximum atomic E-state index is 14.1. The van der Waals surface area contributed by atoms with Gasteiger partial charge in [-0.1, -0.05) is 57.0 Å². The van der Waals surface area contributed by atoms with Gasteiger partial charge in [0.15, 0.2) is 15.9 Å². The molecule has 2 aliphatic rings. The molecule has 232 valence electrons. The highest BCUT2D eigenvalue weighted by Gasteiger charge is 2.63. The van der Waals surface area contributed by atoms with Gasteiger partial charge in [0.2, 0.25) is 6.29 Å². The second-order valence-corrected chi connectivity index (χ2v) is 14.6. The van der Waals surface area contributed by atoms with Crippen LogP contribution in [0.5, 0.6) is 5.75 Å². The van der Waals surface area contributed by atoms with Gasteiger partial charge in [0.25, 0.3) is 0 Å². The molecule has 2 aromatic carbocycles. The number of carboxylic acid groups (broad SMARTS) is 1. The Hall–Kier alpha value is -2.06. The number of aliphatic hydroxyl groups excluding tert-OH is 2. The molecule has 0 aliphatic carbocycles.